The van der Waals surface area contributed by atoms with E-state index >= 15 is 0 Å². The summed E-state index contributed by atoms with van der Waals surface area (Å²) in [6.45, 7) is 9.56. The van der Waals surface area contributed by atoms with E-state index in [1.54, 1.807) is 6.20 Å². The number of nitrogens with zero attached hydrogens (tertiary/aromatic N) is 2. The van der Waals surface area contributed by atoms with Crippen LogP contribution in [-0.2, 0) is 11.2 Å². The Morgan fingerprint density at radius 2 is 1.81 bits per heavy atom. The number of ketones is 1. The molecule has 1 saturated heterocycles. The van der Waals surface area contributed by atoms with E-state index in [4.69, 9.17) is 9.15 Å². The quantitative estimate of drug-likeness (QED) is 0.440. The molecular weight excluding hydrogens is 452 g/mol. The molecule has 0 saturated carbocycles. The fourth-order valence-corrected chi connectivity index (χ4v) is 5.19. The largest absolute Gasteiger partial charge is 0.486 e. The Morgan fingerprint density at radius 1 is 1.08 bits per heavy atom. The number of aryl methyl sites for hydroxylation is 2. The van der Waals surface area contributed by atoms with Gasteiger partial charge in [-0.05, 0) is 42.5 Å². The Hall–Kier alpha value is -3.41. The first-order chi connectivity index (χ1) is 17.2. The number of carbonyl (C=O) groups excluding carboxylic acids is 2. The van der Waals surface area contributed by atoms with Crippen molar-refractivity contribution in [1.29, 1.82) is 0 Å². The van der Waals surface area contributed by atoms with Crippen LogP contribution in [0.1, 0.15) is 78.4 Å². The van der Waals surface area contributed by atoms with Crippen LogP contribution in [0.25, 0.3) is 11.3 Å². The van der Waals surface area contributed by atoms with Gasteiger partial charge >= 0.3 is 0 Å². The Bertz CT molecular complexity index is 1280. The first kappa shape index (κ1) is 24.3. The first-order valence-electron chi connectivity index (χ1n) is 12.9. The zero-order valence-electron chi connectivity index (χ0n) is 21.6. The van der Waals surface area contributed by atoms with Crippen LogP contribution in [0.3, 0.4) is 0 Å². The predicted molar refractivity (Wildman–Crippen MR) is 138 cm³/mol. The molecule has 2 aliphatic rings. The fraction of sp³-hybridized carbons (Fsp3) is 0.433. The minimum absolute atomic E-state index is 0.0837. The van der Waals surface area contributed by atoms with Gasteiger partial charge in [-0.1, -0.05) is 44.2 Å². The van der Waals surface area contributed by atoms with E-state index in [2.05, 4.69) is 31.0 Å². The maximum atomic E-state index is 12.9. The van der Waals surface area contributed by atoms with E-state index < -0.39 is 5.60 Å². The molecule has 0 atom stereocenters. The number of benzene rings is 2. The lowest BCUT2D eigenvalue weighted by Crippen LogP contribution is -2.52. The van der Waals surface area contributed by atoms with Gasteiger partial charge in [0.1, 0.15) is 11.4 Å². The lowest BCUT2D eigenvalue weighted by molar-refractivity contribution is -0.134. The van der Waals surface area contributed by atoms with Gasteiger partial charge in [0, 0.05) is 44.3 Å². The minimum Gasteiger partial charge on any atom is -0.486 e. The highest BCUT2D eigenvalue weighted by molar-refractivity contribution is 6.01. The summed E-state index contributed by atoms with van der Waals surface area (Å²) in [5.41, 5.74) is 4.59. The van der Waals surface area contributed by atoms with E-state index in [0.717, 1.165) is 28.2 Å². The van der Waals surface area contributed by atoms with Crippen molar-refractivity contribution in [1.82, 2.24) is 9.88 Å². The highest BCUT2D eigenvalue weighted by atomic mass is 16.5. The molecule has 0 radical (unpaired) electrons. The molecule has 3 aromatic rings. The second-order valence-corrected chi connectivity index (χ2v) is 10.5. The number of likely N-dealkylation sites (tertiary alicyclic amines) is 1. The summed E-state index contributed by atoms with van der Waals surface area (Å²) >= 11 is 0. The lowest BCUT2D eigenvalue weighted by Gasteiger charge is -2.44. The number of carbonyl (C=O) groups is 2. The number of fused-ring (bicyclic) bond motifs is 1. The average molecular weight is 487 g/mol. The highest BCUT2D eigenvalue weighted by Gasteiger charge is 2.44. The third-order valence-corrected chi connectivity index (χ3v) is 7.77. The van der Waals surface area contributed by atoms with Crippen LogP contribution in [-0.4, -0.2) is 40.3 Å². The molecule has 6 nitrogen and oxygen atoms in total. The van der Waals surface area contributed by atoms with Crippen molar-refractivity contribution in [2.45, 2.75) is 71.3 Å². The summed E-state index contributed by atoms with van der Waals surface area (Å²) < 4.78 is 12.4. The molecule has 0 unspecified atom stereocenters. The predicted octanol–water partition coefficient (Wildman–Crippen LogP) is 6.04. The molecule has 2 aromatic carbocycles. The summed E-state index contributed by atoms with van der Waals surface area (Å²) in [5, 5.41) is 0. The number of ether oxygens (including phenoxy) is 1. The van der Waals surface area contributed by atoms with E-state index in [1.165, 1.54) is 5.56 Å². The second-order valence-electron chi connectivity index (χ2n) is 10.5. The standard InChI is InChI=1S/C30H34N2O4/c1-19(2)22-6-8-23(9-7-22)26-18-31-27(35-26)11-12-28(34)32-15-13-30(14-16-32)17-25(33)24-10-5-20(3)21(4)29(24)36-30/h5-10,18-19H,11-17H2,1-4H3. The molecule has 0 bridgehead atoms. The van der Waals surface area contributed by atoms with Crippen molar-refractivity contribution in [3.63, 3.8) is 0 Å². The van der Waals surface area contributed by atoms with Crippen LogP contribution in [0.15, 0.2) is 47.0 Å². The maximum absolute atomic E-state index is 12.9. The summed E-state index contributed by atoms with van der Waals surface area (Å²) in [6.07, 6.45) is 4.24. The smallest absolute Gasteiger partial charge is 0.223 e. The van der Waals surface area contributed by atoms with Gasteiger partial charge in [-0.2, -0.15) is 0 Å². The second kappa shape index (κ2) is 9.57. The molecule has 1 aromatic heterocycles. The van der Waals surface area contributed by atoms with Crippen LogP contribution >= 0.6 is 0 Å². The number of hydrogen-bond acceptors (Lipinski definition) is 5. The van der Waals surface area contributed by atoms with Gasteiger partial charge in [0.05, 0.1) is 18.2 Å². The average Bonchev–Trinajstić information content (AvgIpc) is 3.35. The number of rotatable bonds is 5. The highest BCUT2D eigenvalue weighted by Crippen LogP contribution is 2.41. The molecule has 0 N–H and O–H groups in total. The van der Waals surface area contributed by atoms with Crippen molar-refractivity contribution < 1.29 is 18.7 Å². The fourth-order valence-electron chi connectivity index (χ4n) is 5.19. The normalized spacial score (nSPS) is 16.8. The topological polar surface area (TPSA) is 72.6 Å². The molecule has 2 aliphatic heterocycles. The Labute approximate surface area is 212 Å². The monoisotopic (exact) mass is 486 g/mol. The van der Waals surface area contributed by atoms with Gasteiger partial charge in [-0.3, -0.25) is 9.59 Å². The molecule has 36 heavy (non-hydrogen) atoms. The van der Waals surface area contributed by atoms with E-state index in [9.17, 15) is 9.59 Å². The van der Waals surface area contributed by atoms with Gasteiger partial charge in [-0.15, -0.1) is 0 Å². The number of Topliss-reactive ketones (excluding diaryl/α,β-unsaturated/α-hetero) is 1. The zero-order chi connectivity index (χ0) is 25.4. The van der Waals surface area contributed by atoms with Crippen LogP contribution < -0.4 is 4.74 Å². The summed E-state index contributed by atoms with van der Waals surface area (Å²) in [7, 11) is 0. The van der Waals surface area contributed by atoms with Crippen molar-refractivity contribution in [2.24, 2.45) is 0 Å². The molecule has 188 valence electrons. The van der Waals surface area contributed by atoms with Crippen LogP contribution in [0.5, 0.6) is 5.75 Å². The number of hydrogen-bond donors (Lipinski definition) is 0. The van der Waals surface area contributed by atoms with E-state index in [1.807, 2.05) is 43.0 Å². The van der Waals surface area contributed by atoms with Crippen molar-refractivity contribution in [3.8, 4) is 17.1 Å². The lowest BCUT2D eigenvalue weighted by atomic mass is 9.81. The van der Waals surface area contributed by atoms with E-state index in [0.29, 0.717) is 62.6 Å². The maximum Gasteiger partial charge on any atom is 0.223 e. The van der Waals surface area contributed by atoms with Gasteiger partial charge in [0.25, 0.3) is 0 Å². The van der Waals surface area contributed by atoms with E-state index in [-0.39, 0.29) is 11.7 Å². The number of aromatic nitrogens is 1. The van der Waals surface area contributed by atoms with Gasteiger partial charge in [0.15, 0.2) is 17.4 Å². The number of piperidine rings is 1. The number of amides is 1. The Morgan fingerprint density at radius 3 is 2.50 bits per heavy atom. The van der Waals surface area contributed by atoms with Crippen LogP contribution in [0, 0.1) is 13.8 Å². The molecular formula is C30H34N2O4. The van der Waals surface area contributed by atoms with Crippen molar-refractivity contribution >= 4 is 11.7 Å². The van der Waals surface area contributed by atoms with Crippen LogP contribution in [0.2, 0.25) is 0 Å². The third kappa shape index (κ3) is 4.69. The minimum atomic E-state index is -0.512. The summed E-state index contributed by atoms with van der Waals surface area (Å²) in [5.74, 6) is 2.72. The van der Waals surface area contributed by atoms with Crippen LogP contribution in [0.4, 0.5) is 0 Å². The summed E-state index contributed by atoms with van der Waals surface area (Å²) in [4.78, 5) is 32.1. The zero-order valence-corrected chi connectivity index (χ0v) is 21.6. The third-order valence-electron chi connectivity index (χ3n) is 7.77. The van der Waals surface area contributed by atoms with Gasteiger partial charge < -0.3 is 14.1 Å². The molecule has 5 rings (SSSR count). The SMILES string of the molecule is Cc1ccc2c(c1C)OC1(CCN(C(=O)CCc3ncc(-c4ccc(C(C)C)cc4)o3)CC1)CC2=O. The molecule has 1 amide bonds. The summed E-state index contributed by atoms with van der Waals surface area (Å²) in [6, 6.07) is 12.2. The first-order valence-corrected chi connectivity index (χ1v) is 12.9. The molecule has 1 fully saturated rings. The van der Waals surface area contributed by atoms with Gasteiger partial charge in [0.2, 0.25) is 5.91 Å². The Kier molecular flexibility index (Phi) is 6.45. The van der Waals surface area contributed by atoms with Crippen molar-refractivity contribution in [3.05, 3.63) is 70.7 Å². The molecule has 3 heterocycles. The van der Waals surface area contributed by atoms with Gasteiger partial charge in [-0.25, -0.2) is 4.98 Å². The molecule has 0 aliphatic carbocycles. The number of oxazole rings is 1. The molecule has 1 spiro atoms. The molecule has 6 heteroatoms. The van der Waals surface area contributed by atoms with Crippen molar-refractivity contribution in [2.75, 3.05) is 13.1 Å². The Balaban J connectivity index is 1.16.